The Labute approximate surface area is 113 Å². The summed E-state index contributed by atoms with van der Waals surface area (Å²) in [7, 11) is 1.64. The Kier molecular flexibility index (Phi) is 4.10. The Balaban J connectivity index is 2.14. The van der Waals surface area contributed by atoms with E-state index in [1.165, 1.54) is 6.92 Å². The second kappa shape index (κ2) is 5.61. The Morgan fingerprint density at radius 1 is 1.47 bits per heavy atom. The van der Waals surface area contributed by atoms with Gasteiger partial charge in [-0.05, 0) is 24.6 Å². The van der Waals surface area contributed by atoms with Gasteiger partial charge in [-0.15, -0.1) is 0 Å². The summed E-state index contributed by atoms with van der Waals surface area (Å²) < 4.78 is 16.5. The second-order valence-electron chi connectivity index (χ2n) is 5.13. The summed E-state index contributed by atoms with van der Waals surface area (Å²) in [4.78, 5) is 11.2. The van der Waals surface area contributed by atoms with E-state index in [1.54, 1.807) is 7.11 Å². The first kappa shape index (κ1) is 13.9. The molecule has 4 heteroatoms. The predicted octanol–water partition coefficient (Wildman–Crippen LogP) is 2.87. The van der Waals surface area contributed by atoms with E-state index < -0.39 is 5.60 Å². The van der Waals surface area contributed by atoms with Crippen molar-refractivity contribution in [2.75, 3.05) is 13.7 Å². The molecule has 19 heavy (non-hydrogen) atoms. The van der Waals surface area contributed by atoms with Crippen molar-refractivity contribution in [2.45, 2.75) is 38.4 Å². The molecular weight excluding hydrogens is 244 g/mol. The van der Waals surface area contributed by atoms with Crippen LogP contribution in [-0.2, 0) is 14.3 Å². The van der Waals surface area contributed by atoms with Gasteiger partial charge in [0.1, 0.15) is 11.4 Å². The molecule has 1 aliphatic rings. The molecule has 0 aromatic heterocycles. The van der Waals surface area contributed by atoms with Crippen LogP contribution < -0.4 is 4.74 Å². The quantitative estimate of drug-likeness (QED) is 0.787. The molecule has 0 aliphatic carbocycles. The number of hydrogen-bond donors (Lipinski definition) is 0. The highest BCUT2D eigenvalue weighted by atomic mass is 16.6. The number of ether oxygens (including phenoxy) is 3. The van der Waals surface area contributed by atoms with Crippen LogP contribution in [-0.4, -0.2) is 25.3 Å². The fraction of sp³-hybridized carbons (Fsp3) is 0.533. The monoisotopic (exact) mass is 264 g/mol. The molecule has 1 heterocycles. The normalized spacial score (nSPS) is 26.8. The number of benzene rings is 1. The fourth-order valence-electron chi connectivity index (χ4n) is 2.47. The smallest absolute Gasteiger partial charge is 0.303 e. The van der Waals surface area contributed by atoms with Crippen LogP contribution in [0.4, 0.5) is 0 Å². The standard InChI is InChI=1S/C15H20O4/c1-11(16)19-15(2)7-8-18-14(10-15)12-5-4-6-13(9-12)17-3/h4-6,9,14H,7-8,10H2,1-3H3. The first-order valence-corrected chi connectivity index (χ1v) is 6.47. The minimum atomic E-state index is -0.447. The molecule has 1 fully saturated rings. The van der Waals surface area contributed by atoms with Crippen LogP contribution in [0.3, 0.4) is 0 Å². The van der Waals surface area contributed by atoms with E-state index in [9.17, 15) is 4.79 Å². The number of methoxy groups -OCH3 is 1. The van der Waals surface area contributed by atoms with Crippen LogP contribution in [0.15, 0.2) is 24.3 Å². The molecule has 104 valence electrons. The topological polar surface area (TPSA) is 44.8 Å². The van der Waals surface area contributed by atoms with Crippen molar-refractivity contribution < 1.29 is 19.0 Å². The molecular formula is C15H20O4. The lowest BCUT2D eigenvalue weighted by molar-refractivity contribution is -0.170. The van der Waals surface area contributed by atoms with Crippen molar-refractivity contribution in [3.05, 3.63) is 29.8 Å². The zero-order chi connectivity index (χ0) is 13.9. The van der Waals surface area contributed by atoms with E-state index in [-0.39, 0.29) is 12.1 Å². The molecule has 0 spiro atoms. The Hall–Kier alpha value is -1.55. The first-order chi connectivity index (χ1) is 9.02. The van der Waals surface area contributed by atoms with Gasteiger partial charge in [0.05, 0.1) is 19.8 Å². The lowest BCUT2D eigenvalue weighted by Gasteiger charge is -2.37. The number of carbonyl (C=O) groups is 1. The third-order valence-electron chi connectivity index (χ3n) is 3.42. The van der Waals surface area contributed by atoms with E-state index in [0.717, 1.165) is 17.7 Å². The average molecular weight is 264 g/mol. The van der Waals surface area contributed by atoms with E-state index in [1.807, 2.05) is 31.2 Å². The molecule has 2 rings (SSSR count). The van der Waals surface area contributed by atoms with Gasteiger partial charge in [0.15, 0.2) is 0 Å². The highest BCUT2D eigenvalue weighted by Gasteiger charge is 2.36. The fourth-order valence-corrected chi connectivity index (χ4v) is 2.47. The number of carbonyl (C=O) groups excluding carboxylic acids is 1. The number of hydrogen-bond acceptors (Lipinski definition) is 4. The Morgan fingerprint density at radius 3 is 2.95 bits per heavy atom. The molecule has 0 radical (unpaired) electrons. The number of rotatable bonds is 3. The van der Waals surface area contributed by atoms with E-state index in [2.05, 4.69) is 0 Å². The molecule has 1 saturated heterocycles. The molecule has 4 nitrogen and oxygen atoms in total. The zero-order valence-corrected chi connectivity index (χ0v) is 11.6. The molecule has 0 N–H and O–H groups in total. The van der Waals surface area contributed by atoms with Gasteiger partial charge in [-0.3, -0.25) is 4.79 Å². The van der Waals surface area contributed by atoms with E-state index in [4.69, 9.17) is 14.2 Å². The maximum Gasteiger partial charge on any atom is 0.303 e. The predicted molar refractivity (Wildman–Crippen MR) is 71.1 cm³/mol. The average Bonchev–Trinajstić information content (AvgIpc) is 2.37. The van der Waals surface area contributed by atoms with Crippen LogP contribution in [0, 0.1) is 0 Å². The van der Waals surface area contributed by atoms with Gasteiger partial charge in [-0.1, -0.05) is 12.1 Å². The summed E-state index contributed by atoms with van der Waals surface area (Å²) in [6.45, 7) is 4.00. The van der Waals surface area contributed by atoms with Crippen LogP contribution in [0.2, 0.25) is 0 Å². The van der Waals surface area contributed by atoms with Crippen LogP contribution in [0.1, 0.15) is 38.4 Å². The van der Waals surface area contributed by atoms with Gasteiger partial charge >= 0.3 is 5.97 Å². The largest absolute Gasteiger partial charge is 0.497 e. The first-order valence-electron chi connectivity index (χ1n) is 6.47. The minimum Gasteiger partial charge on any atom is -0.497 e. The number of esters is 1. The van der Waals surface area contributed by atoms with Gasteiger partial charge in [-0.2, -0.15) is 0 Å². The summed E-state index contributed by atoms with van der Waals surface area (Å²) in [5.41, 5.74) is 0.607. The van der Waals surface area contributed by atoms with Crippen molar-refractivity contribution in [3.8, 4) is 5.75 Å². The van der Waals surface area contributed by atoms with Gasteiger partial charge in [0.25, 0.3) is 0 Å². The van der Waals surface area contributed by atoms with E-state index >= 15 is 0 Å². The molecule has 2 atom stereocenters. The molecule has 1 aliphatic heterocycles. The van der Waals surface area contributed by atoms with Crippen molar-refractivity contribution in [2.24, 2.45) is 0 Å². The maximum absolute atomic E-state index is 11.2. The summed E-state index contributed by atoms with van der Waals surface area (Å²) >= 11 is 0. The molecule has 1 aromatic carbocycles. The summed E-state index contributed by atoms with van der Waals surface area (Å²) in [5, 5.41) is 0. The van der Waals surface area contributed by atoms with Gasteiger partial charge in [0, 0.05) is 19.8 Å². The molecule has 1 aromatic rings. The van der Waals surface area contributed by atoms with Gasteiger partial charge < -0.3 is 14.2 Å². The van der Waals surface area contributed by atoms with Crippen molar-refractivity contribution in [1.82, 2.24) is 0 Å². The Morgan fingerprint density at radius 2 is 2.26 bits per heavy atom. The summed E-state index contributed by atoms with van der Waals surface area (Å²) in [5.74, 6) is 0.564. The third kappa shape index (κ3) is 3.47. The van der Waals surface area contributed by atoms with Gasteiger partial charge in [0.2, 0.25) is 0 Å². The van der Waals surface area contributed by atoms with Crippen LogP contribution in [0.5, 0.6) is 5.75 Å². The van der Waals surface area contributed by atoms with Crippen molar-refractivity contribution >= 4 is 5.97 Å². The zero-order valence-electron chi connectivity index (χ0n) is 11.6. The van der Waals surface area contributed by atoms with E-state index in [0.29, 0.717) is 13.0 Å². The molecule has 0 bridgehead atoms. The molecule has 0 saturated carbocycles. The minimum absolute atomic E-state index is 0.0619. The lowest BCUT2D eigenvalue weighted by atomic mass is 9.89. The van der Waals surface area contributed by atoms with Crippen molar-refractivity contribution in [1.29, 1.82) is 0 Å². The Bertz CT molecular complexity index is 457. The van der Waals surface area contributed by atoms with Crippen LogP contribution in [0.25, 0.3) is 0 Å². The SMILES string of the molecule is COc1cccc(C2CC(C)(OC(C)=O)CCO2)c1. The molecule has 2 unspecified atom stereocenters. The molecule has 0 amide bonds. The second-order valence-corrected chi connectivity index (χ2v) is 5.13. The highest BCUT2D eigenvalue weighted by Crippen LogP contribution is 2.37. The summed E-state index contributed by atoms with van der Waals surface area (Å²) in [6, 6.07) is 7.81. The lowest BCUT2D eigenvalue weighted by Crippen LogP contribution is -2.38. The maximum atomic E-state index is 11.2. The van der Waals surface area contributed by atoms with Gasteiger partial charge in [-0.25, -0.2) is 0 Å². The van der Waals surface area contributed by atoms with Crippen LogP contribution >= 0.6 is 0 Å². The van der Waals surface area contributed by atoms with Crippen molar-refractivity contribution in [3.63, 3.8) is 0 Å². The highest BCUT2D eigenvalue weighted by molar-refractivity contribution is 5.66. The third-order valence-corrected chi connectivity index (χ3v) is 3.42. The summed E-state index contributed by atoms with van der Waals surface area (Å²) in [6.07, 6.45) is 1.33.